The van der Waals surface area contributed by atoms with E-state index in [-0.39, 0.29) is 11.8 Å². The second kappa shape index (κ2) is 4.45. The van der Waals surface area contributed by atoms with Gasteiger partial charge in [-0.3, -0.25) is 9.59 Å². The minimum Gasteiger partial charge on any atom is -0.384 e. The van der Waals surface area contributed by atoms with Gasteiger partial charge in [-0.15, -0.1) is 0 Å². The molecule has 1 aliphatic heterocycles. The normalized spacial score (nSPS) is 19.0. The summed E-state index contributed by atoms with van der Waals surface area (Å²) in [6.07, 6.45) is 0. The molecule has 0 aromatic heterocycles. The molecule has 1 aromatic carbocycles. The summed E-state index contributed by atoms with van der Waals surface area (Å²) < 4.78 is 0. The molecule has 90 valence electrons. The van der Waals surface area contributed by atoms with Crippen molar-refractivity contribution in [3.8, 4) is 0 Å². The summed E-state index contributed by atoms with van der Waals surface area (Å²) in [6, 6.07) is 7.01. The van der Waals surface area contributed by atoms with Crippen molar-refractivity contribution in [3.05, 3.63) is 29.8 Å². The summed E-state index contributed by atoms with van der Waals surface area (Å²) in [5.41, 5.74) is 7.04. The molecule has 2 atom stereocenters. The minimum atomic E-state index is -0.643. The molecule has 2 rings (SSSR count). The number of primary amides is 1. The Morgan fingerprint density at radius 1 is 1.47 bits per heavy atom. The van der Waals surface area contributed by atoms with Crippen molar-refractivity contribution in [1.29, 1.82) is 0 Å². The molecule has 2 unspecified atom stereocenters. The fourth-order valence-electron chi connectivity index (χ4n) is 1.90. The number of hydrogen-bond acceptors (Lipinski definition) is 3. The molecule has 1 aromatic rings. The lowest BCUT2D eigenvalue weighted by atomic mass is 10.0. The first kappa shape index (κ1) is 11.4. The second-order valence-electron chi connectivity index (χ2n) is 4.15. The highest BCUT2D eigenvalue weighted by Crippen LogP contribution is 2.30. The third-order valence-electron chi connectivity index (χ3n) is 2.93. The Kier molecular flexibility index (Phi) is 2.99. The molecule has 4 N–H and O–H groups in total. The van der Waals surface area contributed by atoms with Crippen molar-refractivity contribution >= 4 is 17.5 Å². The van der Waals surface area contributed by atoms with Crippen molar-refractivity contribution in [1.82, 2.24) is 5.32 Å². The van der Waals surface area contributed by atoms with E-state index < -0.39 is 11.9 Å². The van der Waals surface area contributed by atoms with Crippen LogP contribution >= 0.6 is 0 Å². The van der Waals surface area contributed by atoms with Crippen LogP contribution in [0.15, 0.2) is 24.3 Å². The number of nitrogens with two attached hydrogens (primary N) is 1. The van der Waals surface area contributed by atoms with Crippen molar-refractivity contribution in [2.75, 3.05) is 11.9 Å². The molecule has 2 amide bonds. The highest BCUT2D eigenvalue weighted by Gasteiger charge is 2.29. The lowest BCUT2D eigenvalue weighted by Gasteiger charge is -2.14. The number of fused-ring (bicyclic) bond motifs is 1. The largest absolute Gasteiger partial charge is 0.384 e. The van der Waals surface area contributed by atoms with Crippen LogP contribution in [-0.4, -0.2) is 24.4 Å². The summed E-state index contributed by atoms with van der Waals surface area (Å²) >= 11 is 0. The van der Waals surface area contributed by atoms with Gasteiger partial charge in [-0.1, -0.05) is 18.2 Å². The Balaban J connectivity index is 2.10. The average molecular weight is 233 g/mol. The van der Waals surface area contributed by atoms with Gasteiger partial charge in [-0.25, -0.2) is 0 Å². The van der Waals surface area contributed by atoms with E-state index in [1.807, 2.05) is 24.3 Å². The van der Waals surface area contributed by atoms with Gasteiger partial charge < -0.3 is 16.4 Å². The number of hydrogen-bond donors (Lipinski definition) is 3. The van der Waals surface area contributed by atoms with E-state index >= 15 is 0 Å². The summed E-state index contributed by atoms with van der Waals surface area (Å²) in [7, 11) is 0. The third-order valence-corrected chi connectivity index (χ3v) is 2.93. The fourth-order valence-corrected chi connectivity index (χ4v) is 1.90. The van der Waals surface area contributed by atoms with Crippen LogP contribution in [0.25, 0.3) is 0 Å². The molecule has 17 heavy (non-hydrogen) atoms. The van der Waals surface area contributed by atoms with E-state index in [0.717, 1.165) is 11.3 Å². The number of benzene rings is 1. The predicted octanol–water partition coefficient (Wildman–Crippen LogP) is 0.186. The number of para-hydroxylation sites is 1. The molecule has 0 fully saturated rings. The molecule has 5 nitrogen and oxygen atoms in total. The summed E-state index contributed by atoms with van der Waals surface area (Å²) in [6.45, 7) is 2.13. The SMILES string of the molecule is CC(NC(=O)C1CNc2ccccc21)C(N)=O. The highest BCUT2D eigenvalue weighted by atomic mass is 16.2. The maximum absolute atomic E-state index is 12.0. The zero-order valence-corrected chi connectivity index (χ0v) is 9.57. The topological polar surface area (TPSA) is 84.2 Å². The van der Waals surface area contributed by atoms with Crippen molar-refractivity contribution < 1.29 is 9.59 Å². The zero-order chi connectivity index (χ0) is 12.4. The van der Waals surface area contributed by atoms with E-state index in [1.165, 1.54) is 0 Å². The Labute approximate surface area is 99.4 Å². The molecular formula is C12H15N3O2. The molecule has 1 heterocycles. The van der Waals surface area contributed by atoms with E-state index in [1.54, 1.807) is 6.92 Å². The fraction of sp³-hybridized carbons (Fsp3) is 0.333. The summed E-state index contributed by atoms with van der Waals surface area (Å²) in [5, 5.41) is 5.77. The Morgan fingerprint density at radius 2 is 2.18 bits per heavy atom. The van der Waals surface area contributed by atoms with Crippen LogP contribution in [0.2, 0.25) is 0 Å². The maximum atomic E-state index is 12.0. The van der Waals surface area contributed by atoms with Crippen molar-refractivity contribution in [2.24, 2.45) is 5.73 Å². The van der Waals surface area contributed by atoms with Crippen LogP contribution in [0, 0.1) is 0 Å². The number of nitrogens with one attached hydrogen (secondary N) is 2. The summed E-state index contributed by atoms with van der Waals surface area (Å²) in [4.78, 5) is 22.9. The van der Waals surface area contributed by atoms with E-state index in [0.29, 0.717) is 6.54 Å². The smallest absolute Gasteiger partial charge is 0.239 e. The van der Waals surface area contributed by atoms with Crippen molar-refractivity contribution in [3.63, 3.8) is 0 Å². The molecule has 0 bridgehead atoms. The monoisotopic (exact) mass is 233 g/mol. The van der Waals surface area contributed by atoms with Gasteiger partial charge in [0.2, 0.25) is 11.8 Å². The van der Waals surface area contributed by atoms with Gasteiger partial charge in [-0.05, 0) is 18.6 Å². The molecule has 0 saturated carbocycles. The van der Waals surface area contributed by atoms with E-state index in [2.05, 4.69) is 10.6 Å². The van der Waals surface area contributed by atoms with Gasteiger partial charge in [0, 0.05) is 12.2 Å². The van der Waals surface area contributed by atoms with Crippen LogP contribution in [-0.2, 0) is 9.59 Å². The van der Waals surface area contributed by atoms with Gasteiger partial charge in [0.25, 0.3) is 0 Å². The number of rotatable bonds is 3. The van der Waals surface area contributed by atoms with Crippen LogP contribution < -0.4 is 16.4 Å². The number of carbonyl (C=O) groups excluding carboxylic acids is 2. The third kappa shape index (κ3) is 2.22. The lowest BCUT2D eigenvalue weighted by molar-refractivity contribution is -0.127. The molecule has 1 aliphatic rings. The van der Waals surface area contributed by atoms with E-state index in [4.69, 9.17) is 5.73 Å². The number of carbonyl (C=O) groups is 2. The Hall–Kier alpha value is -2.04. The zero-order valence-electron chi connectivity index (χ0n) is 9.57. The van der Waals surface area contributed by atoms with E-state index in [9.17, 15) is 9.59 Å². The summed E-state index contributed by atoms with van der Waals surface area (Å²) in [5.74, 6) is -0.959. The maximum Gasteiger partial charge on any atom is 0.239 e. The van der Waals surface area contributed by atoms with Gasteiger partial charge in [0.05, 0.1) is 5.92 Å². The average Bonchev–Trinajstić information content (AvgIpc) is 2.72. The van der Waals surface area contributed by atoms with Crippen LogP contribution in [0.5, 0.6) is 0 Å². The highest BCUT2D eigenvalue weighted by molar-refractivity contribution is 5.92. The quantitative estimate of drug-likeness (QED) is 0.696. The van der Waals surface area contributed by atoms with Crippen molar-refractivity contribution in [2.45, 2.75) is 18.9 Å². The first-order valence-electron chi connectivity index (χ1n) is 5.52. The van der Waals surface area contributed by atoms with Gasteiger partial charge >= 0.3 is 0 Å². The standard InChI is InChI=1S/C12H15N3O2/c1-7(11(13)16)15-12(17)9-6-14-10-5-3-2-4-8(9)10/h2-5,7,9,14H,6H2,1H3,(H2,13,16)(H,15,17). The molecule has 5 heteroatoms. The van der Waals surface area contributed by atoms with Crippen LogP contribution in [0.4, 0.5) is 5.69 Å². The molecule has 0 saturated heterocycles. The van der Waals surface area contributed by atoms with Gasteiger partial charge in [0.15, 0.2) is 0 Å². The number of amides is 2. The molecule has 0 radical (unpaired) electrons. The second-order valence-corrected chi connectivity index (χ2v) is 4.15. The molecule has 0 spiro atoms. The molecule has 0 aliphatic carbocycles. The first-order valence-corrected chi connectivity index (χ1v) is 5.52. The Morgan fingerprint density at radius 3 is 2.88 bits per heavy atom. The van der Waals surface area contributed by atoms with Gasteiger partial charge in [-0.2, -0.15) is 0 Å². The first-order chi connectivity index (χ1) is 8.09. The lowest BCUT2D eigenvalue weighted by Crippen LogP contribution is -2.44. The Bertz CT molecular complexity index is 459. The minimum absolute atomic E-state index is 0.172. The number of anilines is 1. The van der Waals surface area contributed by atoms with Gasteiger partial charge in [0.1, 0.15) is 6.04 Å². The van der Waals surface area contributed by atoms with Crippen LogP contribution in [0.1, 0.15) is 18.4 Å². The molecular weight excluding hydrogens is 218 g/mol. The van der Waals surface area contributed by atoms with Crippen LogP contribution in [0.3, 0.4) is 0 Å². The predicted molar refractivity (Wildman–Crippen MR) is 64.5 cm³/mol.